The maximum absolute atomic E-state index is 12.6. The number of amides is 2. The number of rotatable bonds is 4. The molecule has 1 aromatic rings. The summed E-state index contributed by atoms with van der Waals surface area (Å²) < 4.78 is 6.20. The molecule has 0 saturated heterocycles. The first-order valence-electron chi connectivity index (χ1n) is 9.25. The highest BCUT2D eigenvalue weighted by atomic mass is 79.9. The van der Waals surface area contributed by atoms with Crippen LogP contribution in [0.4, 0.5) is 4.79 Å². The normalized spacial score (nSPS) is 17.1. The molecule has 1 aliphatic carbocycles. The molecule has 0 heterocycles. The van der Waals surface area contributed by atoms with Gasteiger partial charge in [-0.05, 0) is 61.7 Å². The van der Waals surface area contributed by atoms with Crippen LogP contribution >= 0.6 is 15.9 Å². The second-order valence-electron chi connectivity index (χ2n) is 7.98. The third-order valence-electron chi connectivity index (χ3n) is 4.53. The summed E-state index contributed by atoms with van der Waals surface area (Å²) in [6.07, 6.45) is 5.60. The van der Waals surface area contributed by atoms with Gasteiger partial charge in [-0.1, -0.05) is 37.8 Å². The van der Waals surface area contributed by atoms with Gasteiger partial charge in [-0.15, -0.1) is 0 Å². The summed E-state index contributed by atoms with van der Waals surface area (Å²) in [6, 6.07) is 7.33. The molecule has 1 aromatic carbocycles. The molecule has 0 bridgehead atoms. The van der Waals surface area contributed by atoms with E-state index in [1.165, 1.54) is 0 Å². The molecule has 6 heteroatoms. The average molecular weight is 425 g/mol. The predicted molar refractivity (Wildman–Crippen MR) is 106 cm³/mol. The van der Waals surface area contributed by atoms with E-state index in [1.807, 2.05) is 39.0 Å². The fraction of sp³-hybridized carbons (Fsp3) is 0.600. The van der Waals surface area contributed by atoms with Crippen LogP contribution in [0, 0.1) is 0 Å². The molecule has 144 valence electrons. The van der Waals surface area contributed by atoms with Crippen LogP contribution in [-0.2, 0) is 4.74 Å². The second-order valence-corrected chi connectivity index (χ2v) is 8.84. The van der Waals surface area contributed by atoms with Gasteiger partial charge in [0.25, 0.3) is 5.91 Å². The summed E-state index contributed by atoms with van der Waals surface area (Å²) in [6.45, 7) is 5.94. The molecule has 0 radical (unpaired) electrons. The number of hydrogen-bond acceptors (Lipinski definition) is 3. The van der Waals surface area contributed by atoms with Gasteiger partial charge >= 0.3 is 6.09 Å². The van der Waals surface area contributed by atoms with Gasteiger partial charge in [0, 0.05) is 11.0 Å². The first kappa shape index (κ1) is 20.7. The van der Waals surface area contributed by atoms with Crippen molar-refractivity contribution >= 4 is 27.9 Å². The number of benzene rings is 1. The molecule has 1 aliphatic rings. The summed E-state index contributed by atoms with van der Waals surface area (Å²) >= 11 is 3.41. The molecular weight excluding hydrogens is 396 g/mol. The lowest BCUT2D eigenvalue weighted by atomic mass is 9.90. The zero-order valence-electron chi connectivity index (χ0n) is 15.9. The highest BCUT2D eigenvalue weighted by Crippen LogP contribution is 2.27. The van der Waals surface area contributed by atoms with Crippen LogP contribution in [0.1, 0.15) is 69.7 Å². The first-order chi connectivity index (χ1) is 12.2. The minimum atomic E-state index is -0.547. The quantitative estimate of drug-likeness (QED) is 0.682. The number of hydrogen-bond donors (Lipinski definition) is 2. The Balaban J connectivity index is 2.08. The van der Waals surface area contributed by atoms with E-state index in [0.29, 0.717) is 12.1 Å². The smallest absolute Gasteiger partial charge is 0.408 e. The van der Waals surface area contributed by atoms with E-state index in [4.69, 9.17) is 4.74 Å². The van der Waals surface area contributed by atoms with Crippen LogP contribution in [-0.4, -0.2) is 29.7 Å². The van der Waals surface area contributed by atoms with E-state index in [-0.39, 0.29) is 5.91 Å². The zero-order chi connectivity index (χ0) is 19.2. The topological polar surface area (TPSA) is 67.4 Å². The molecular formula is C20H29BrN2O3. The molecule has 0 aliphatic heterocycles. The van der Waals surface area contributed by atoms with E-state index >= 15 is 0 Å². The van der Waals surface area contributed by atoms with Gasteiger partial charge in [0.05, 0.1) is 11.1 Å². The van der Waals surface area contributed by atoms with Crippen molar-refractivity contribution in [3.63, 3.8) is 0 Å². The lowest BCUT2D eigenvalue weighted by Gasteiger charge is -2.35. The van der Waals surface area contributed by atoms with Crippen LogP contribution in [0.25, 0.3) is 0 Å². The average Bonchev–Trinajstić information content (AvgIpc) is 2.77. The molecule has 1 fully saturated rings. The van der Waals surface area contributed by atoms with Crippen molar-refractivity contribution in [2.24, 2.45) is 0 Å². The third-order valence-corrected chi connectivity index (χ3v) is 5.22. The number of alkyl carbamates (subject to hydrolysis) is 1. The van der Waals surface area contributed by atoms with Crippen LogP contribution in [0.3, 0.4) is 0 Å². The van der Waals surface area contributed by atoms with Crippen LogP contribution in [0.5, 0.6) is 0 Å². The van der Waals surface area contributed by atoms with Gasteiger partial charge in [0.1, 0.15) is 5.60 Å². The highest BCUT2D eigenvalue weighted by molar-refractivity contribution is 9.10. The van der Waals surface area contributed by atoms with Gasteiger partial charge in [-0.2, -0.15) is 0 Å². The van der Waals surface area contributed by atoms with Gasteiger partial charge in [-0.3, -0.25) is 4.79 Å². The van der Waals surface area contributed by atoms with Crippen molar-refractivity contribution in [1.29, 1.82) is 0 Å². The Bertz CT molecular complexity index is 632. The minimum absolute atomic E-state index is 0.146. The maximum atomic E-state index is 12.6. The van der Waals surface area contributed by atoms with Crippen molar-refractivity contribution < 1.29 is 14.3 Å². The largest absolute Gasteiger partial charge is 0.444 e. The molecule has 26 heavy (non-hydrogen) atoms. The number of carbonyl (C=O) groups is 2. The maximum Gasteiger partial charge on any atom is 0.408 e. The summed E-state index contributed by atoms with van der Waals surface area (Å²) in [5.74, 6) is -0.146. The van der Waals surface area contributed by atoms with E-state index in [2.05, 4.69) is 26.6 Å². The van der Waals surface area contributed by atoms with Gasteiger partial charge in [-0.25, -0.2) is 4.79 Å². The monoisotopic (exact) mass is 424 g/mol. The minimum Gasteiger partial charge on any atom is -0.444 e. The van der Waals surface area contributed by atoms with E-state index in [1.54, 1.807) is 6.07 Å². The summed E-state index contributed by atoms with van der Waals surface area (Å²) in [5, 5.41) is 6.07. The standard InChI is InChI=1S/C20H29BrN2O3/c1-19(2,3)26-18(25)23-20(12-8-4-5-9-13-20)14-22-17(24)15-10-6-7-11-16(15)21/h6-7,10-11H,4-5,8-9,12-14H2,1-3H3,(H,22,24)(H,23,25). The molecule has 2 amide bonds. The Kier molecular flexibility index (Phi) is 7.09. The highest BCUT2D eigenvalue weighted by Gasteiger charge is 2.34. The van der Waals surface area contributed by atoms with Crippen LogP contribution in [0.15, 0.2) is 28.7 Å². The number of halogens is 1. The molecule has 0 spiro atoms. The Labute approximate surface area is 164 Å². The molecule has 2 rings (SSSR count). The van der Waals surface area contributed by atoms with Crippen molar-refractivity contribution in [2.45, 2.75) is 70.4 Å². The van der Waals surface area contributed by atoms with Crippen LogP contribution in [0.2, 0.25) is 0 Å². The van der Waals surface area contributed by atoms with E-state index < -0.39 is 17.2 Å². The molecule has 1 saturated carbocycles. The Morgan fingerprint density at radius 1 is 1.12 bits per heavy atom. The second kappa shape index (κ2) is 8.89. The Hall–Kier alpha value is -1.56. The molecule has 5 nitrogen and oxygen atoms in total. The predicted octanol–water partition coefficient (Wildman–Crippen LogP) is 4.80. The number of ether oxygens (including phenoxy) is 1. The van der Waals surface area contributed by atoms with Crippen LogP contribution < -0.4 is 10.6 Å². The molecule has 0 unspecified atom stereocenters. The van der Waals surface area contributed by atoms with Gasteiger partial charge < -0.3 is 15.4 Å². The fourth-order valence-electron chi connectivity index (χ4n) is 3.26. The fourth-order valence-corrected chi connectivity index (χ4v) is 3.73. The first-order valence-corrected chi connectivity index (χ1v) is 10.0. The molecule has 2 N–H and O–H groups in total. The van der Waals surface area contributed by atoms with Gasteiger partial charge in [0.2, 0.25) is 0 Å². The van der Waals surface area contributed by atoms with Crippen molar-refractivity contribution in [1.82, 2.24) is 10.6 Å². The van der Waals surface area contributed by atoms with Crippen molar-refractivity contribution in [2.75, 3.05) is 6.54 Å². The van der Waals surface area contributed by atoms with Crippen molar-refractivity contribution in [3.8, 4) is 0 Å². The number of nitrogens with one attached hydrogen (secondary N) is 2. The van der Waals surface area contributed by atoms with E-state index in [0.717, 1.165) is 43.0 Å². The summed E-state index contributed by atoms with van der Waals surface area (Å²) in [7, 11) is 0. The van der Waals surface area contributed by atoms with Crippen molar-refractivity contribution in [3.05, 3.63) is 34.3 Å². The van der Waals surface area contributed by atoms with Gasteiger partial charge in [0.15, 0.2) is 0 Å². The van der Waals surface area contributed by atoms with E-state index in [9.17, 15) is 9.59 Å². The molecule has 0 atom stereocenters. The SMILES string of the molecule is CC(C)(C)OC(=O)NC1(CNC(=O)c2ccccc2Br)CCCCCC1. The Morgan fingerprint density at radius 3 is 2.31 bits per heavy atom. The lowest BCUT2D eigenvalue weighted by Crippen LogP contribution is -2.56. The lowest BCUT2D eigenvalue weighted by molar-refractivity contribution is 0.0437. The Morgan fingerprint density at radius 2 is 1.73 bits per heavy atom. The summed E-state index contributed by atoms with van der Waals surface area (Å²) in [5.41, 5.74) is -0.419. The summed E-state index contributed by atoms with van der Waals surface area (Å²) in [4.78, 5) is 24.9. The zero-order valence-corrected chi connectivity index (χ0v) is 17.4. The molecule has 0 aromatic heterocycles. The number of carbonyl (C=O) groups excluding carboxylic acids is 2. The third kappa shape index (κ3) is 6.31.